The van der Waals surface area contributed by atoms with E-state index in [1.165, 1.54) is 6.20 Å². The van der Waals surface area contributed by atoms with Crippen LogP contribution >= 0.6 is 31.9 Å². The highest BCUT2D eigenvalue weighted by Gasteiger charge is 2.17. The van der Waals surface area contributed by atoms with Gasteiger partial charge in [0.25, 0.3) is 5.91 Å². The van der Waals surface area contributed by atoms with Crippen molar-refractivity contribution in [3.63, 3.8) is 0 Å². The van der Waals surface area contributed by atoms with Gasteiger partial charge in [0.1, 0.15) is 20.6 Å². The van der Waals surface area contributed by atoms with Gasteiger partial charge in [-0.25, -0.2) is 9.97 Å². The van der Waals surface area contributed by atoms with Crippen molar-refractivity contribution in [1.82, 2.24) is 15.0 Å². The van der Waals surface area contributed by atoms with Gasteiger partial charge in [-0.2, -0.15) is 0 Å². The van der Waals surface area contributed by atoms with Gasteiger partial charge >= 0.3 is 0 Å². The third-order valence-corrected chi connectivity index (χ3v) is 3.29. The second kappa shape index (κ2) is 6.27. The number of carbonyl (C=O) groups excluding carboxylic acids is 1. The molecule has 0 fully saturated rings. The summed E-state index contributed by atoms with van der Waals surface area (Å²) < 4.78 is 6.33. The van der Waals surface area contributed by atoms with E-state index in [0.29, 0.717) is 33.0 Å². The number of nitrogens with zero attached hydrogens (tertiary/aromatic N) is 3. The molecule has 0 saturated carbocycles. The Morgan fingerprint density at radius 1 is 1.35 bits per heavy atom. The Bertz CT molecular complexity index is 664. The van der Waals surface area contributed by atoms with Gasteiger partial charge in [-0.3, -0.25) is 9.78 Å². The number of hydrogen-bond acceptors (Lipinski definition) is 5. The molecular weight excluding hydrogens is 392 g/mol. The fraction of sp³-hybridized carbons (Fsp3) is 0.167. The molecule has 0 radical (unpaired) electrons. The summed E-state index contributed by atoms with van der Waals surface area (Å²) in [6.45, 7) is 2.28. The van der Waals surface area contributed by atoms with Crippen molar-refractivity contribution in [2.45, 2.75) is 6.92 Å². The van der Waals surface area contributed by atoms with Crippen LogP contribution in [0.3, 0.4) is 0 Å². The quantitative estimate of drug-likeness (QED) is 0.849. The summed E-state index contributed by atoms with van der Waals surface area (Å²) in [5.41, 5.74) is 6.44. The molecule has 2 N–H and O–H groups in total. The van der Waals surface area contributed by atoms with Crippen LogP contribution in [0.4, 0.5) is 0 Å². The van der Waals surface area contributed by atoms with Crippen LogP contribution in [0, 0.1) is 0 Å². The molecule has 1 amide bonds. The third kappa shape index (κ3) is 3.13. The predicted molar refractivity (Wildman–Crippen MR) is 80.3 cm³/mol. The number of aromatic nitrogens is 3. The van der Waals surface area contributed by atoms with Crippen molar-refractivity contribution in [3.05, 3.63) is 33.2 Å². The molecule has 2 rings (SSSR count). The fourth-order valence-electron chi connectivity index (χ4n) is 1.58. The maximum Gasteiger partial charge on any atom is 0.268 e. The Balaban J connectivity index is 2.58. The van der Waals surface area contributed by atoms with Crippen LogP contribution < -0.4 is 10.5 Å². The van der Waals surface area contributed by atoms with Crippen LogP contribution in [0.15, 0.2) is 27.5 Å². The van der Waals surface area contributed by atoms with Gasteiger partial charge in [-0.1, -0.05) is 0 Å². The highest BCUT2D eigenvalue weighted by Crippen LogP contribution is 2.29. The molecule has 0 unspecified atom stereocenters. The largest absolute Gasteiger partial charge is 0.478 e. The zero-order valence-corrected chi connectivity index (χ0v) is 13.6. The van der Waals surface area contributed by atoms with E-state index in [1.54, 1.807) is 12.1 Å². The van der Waals surface area contributed by atoms with Crippen molar-refractivity contribution < 1.29 is 9.53 Å². The predicted octanol–water partition coefficient (Wildman–Crippen LogP) is 2.56. The van der Waals surface area contributed by atoms with E-state index >= 15 is 0 Å². The highest BCUT2D eigenvalue weighted by molar-refractivity contribution is 9.11. The van der Waals surface area contributed by atoms with Crippen molar-refractivity contribution in [1.29, 1.82) is 0 Å². The molecule has 0 bridgehead atoms. The summed E-state index contributed by atoms with van der Waals surface area (Å²) in [6, 6.07) is 3.34. The summed E-state index contributed by atoms with van der Waals surface area (Å²) in [5, 5.41) is 0. The Morgan fingerprint density at radius 3 is 2.70 bits per heavy atom. The van der Waals surface area contributed by atoms with E-state index in [2.05, 4.69) is 46.8 Å². The fourth-order valence-corrected chi connectivity index (χ4v) is 2.60. The number of ether oxygens (including phenoxy) is 1. The molecule has 6 nitrogen and oxygen atoms in total. The second-order valence-corrected chi connectivity index (χ2v) is 5.24. The van der Waals surface area contributed by atoms with Gasteiger partial charge in [0, 0.05) is 11.6 Å². The van der Waals surface area contributed by atoms with Gasteiger partial charge in [-0.15, -0.1) is 0 Å². The summed E-state index contributed by atoms with van der Waals surface area (Å²) in [7, 11) is 0. The maximum atomic E-state index is 11.6. The molecule has 0 aromatic carbocycles. The third-order valence-electron chi connectivity index (χ3n) is 2.35. The Kier molecular flexibility index (Phi) is 4.66. The first-order chi connectivity index (χ1) is 9.52. The number of nitrogens with two attached hydrogens (primary N) is 1. The number of rotatable bonds is 4. The van der Waals surface area contributed by atoms with Crippen molar-refractivity contribution in [3.8, 4) is 17.1 Å². The average Bonchev–Trinajstić information content (AvgIpc) is 2.39. The molecule has 2 aromatic heterocycles. The minimum absolute atomic E-state index is 0.0910. The second-order valence-electron chi connectivity index (χ2n) is 3.68. The molecule has 0 atom stereocenters. The van der Waals surface area contributed by atoms with Gasteiger partial charge in [0.2, 0.25) is 5.88 Å². The van der Waals surface area contributed by atoms with Crippen LogP contribution in [0.1, 0.15) is 17.4 Å². The molecule has 20 heavy (non-hydrogen) atoms. The molecule has 2 aromatic rings. The standard InChI is InChI=1S/C12H10Br2N4O2/c1-2-20-8-4-3-6(10(18-8)12(15)19)9-11(14)17-7(13)5-16-9/h3-5H,2H2,1H3,(H2,15,19). The van der Waals surface area contributed by atoms with E-state index in [0.717, 1.165) is 0 Å². The number of pyridine rings is 1. The van der Waals surface area contributed by atoms with E-state index in [1.807, 2.05) is 6.92 Å². The number of primary amides is 1. The molecule has 8 heteroatoms. The minimum atomic E-state index is -0.654. The average molecular weight is 402 g/mol. The first-order valence-electron chi connectivity index (χ1n) is 5.65. The topological polar surface area (TPSA) is 91.0 Å². The lowest BCUT2D eigenvalue weighted by atomic mass is 10.1. The molecule has 2 heterocycles. The molecule has 0 aliphatic carbocycles. The maximum absolute atomic E-state index is 11.6. The highest BCUT2D eigenvalue weighted by atomic mass is 79.9. The molecule has 0 aliphatic heterocycles. The zero-order chi connectivity index (χ0) is 14.7. The van der Waals surface area contributed by atoms with Crippen LogP contribution in [-0.2, 0) is 0 Å². The van der Waals surface area contributed by atoms with E-state index in [4.69, 9.17) is 10.5 Å². The first-order valence-corrected chi connectivity index (χ1v) is 7.23. The number of carbonyl (C=O) groups is 1. The number of hydrogen-bond donors (Lipinski definition) is 1. The van der Waals surface area contributed by atoms with Gasteiger partial charge in [0.05, 0.1) is 12.8 Å². The van der Waals surface area contributed by atoms with Gasteiger partial charge in [-0.05, 0) is 44.8 Å². The van der Waals surface area contributed by atoms with Gasteiger partial charge in [0.15, 0.2) is 0 Å². The van der Waals surface area contributed by atoms with E-state index < -0.39 is 5.91 Å². The normalized spacial score (nSPS) is 10.3. The molecule has 0 saturated heterocycles. The van der Waals surface area contributed by atoms with Crippen molar-refractivity contribution >= 4 is 37.8 Å². The molecule has 104 valence electrons. The van der Waals surface area contributed by atoms with Crippen LogP contribution in [0.25, 0.3) is 11.3 Å². The summed E-state index contributed by atoms with van der Waals surface area (Å²) >= 11 is 6.52. The van der Waals surface area contributed by atoms with Crippen LogP contribution in [-0.4, -0.2) is 27.5 Å². The Labute approximate surface area is 132 Å². The Hall–Kier alpha value is -1.54. The smallest absolute Gasteiger partial charge is 0.268 e. The number of amides is 1. The van der Waals surface area contributed by atoms with E-state index in [-0.39, 0.29) is 5.69 Å². The lowest BCUT2D eigenvalue weighted by Crippen LogP contribution is -2.15. The first kappa shape index (κ1) is 14.9. The Morgan fingerprint density at radius 2 is 2.10 bits per heavy atom. The number of halogens is 2. The minimum Gasteiger partial charge on any atom is -0.478 e. The van der Waals surface area contributed by atoms with Gasteiger partial charge < -0.3 is 10.5 Å². The lowest BCUT2D eigenvalue weighted by molar-refractivity contribution is 0.0995. The monoisotopic (exact) mass is 400 g/mol. The summed E-state index contributed by atoms with van der Waals surface area (Å²) in [5.74, 6) is -0.315. The van der Waals surface area contributed by atoms with Crippen LogP contribution in [0.2, 0.25) is 0 Å². The summed E-state index contributed by atoms with van der Waals surface area (Å²) in [6.07, 6.45) is 1.53. The zero-order valence-electron chi connectivity index (χ0n) is 10.4. The van der Waals surface area contributed by atoms with Crippen LogP contribution in [0.5, 0.6) is 5.88 Å². The molecular formula is C12H10Br2N4O2. The van der Waals surface area contributed by atoms with Crippen molar-refractivity contribution in [2.75, 3.05) is 6.61 Å². The van der Waals surface area contributed by atoms with E-state index in [9.17, 15) is 4.79 Å². The molecule has 0 aliphatic rings. The van der Waals surface area contributed by atoms with Crippen molar-refractivity contribution in [2.24, 2.45) is 5.73 Å². The lowest BCUT2D eigenvalue weighted by Gasteiger charge is -2.09. The summed E-state index contributed by atoms with van der Waals surface area (Å²) in [4.78, 5) is 24.1. The molecule has 0 spiro atoms. The SMILES string of the molecule is CCOc1ccc(-c2ncc(Br)nc2Br)c(C(N)=O)n1.